The highest BCUT2D eigenvalue weighted by Crippen LogP contribution is 2.41. The van der Waals surface area contributed by atoms with Crippen molar-refractivity contribution in [2.75, 3.05) is 0 Å². The summed E-state index contributed by atoms with van der Waals surface area (Å²) >= 11 is -0.339. The Kier molecular flexibility index (Phi) is 4.23. The standard InChI is InChI=1S/C17H16O4S2/c1-17(2)16(18)14(13-7-8-22-9-13)15(21-17)12-5-3-11(4-6-12)10-23(19)20/h3-9H,10H2,1-2H3,(H,19,20). The SMILES string of the molecule is CC1(C)OC(c2ccc(CS(=O)O)cc2)=C(c2ccsc2)C1=O. The Bertz CT molecular complexity index is 787. The molecule has 1 aromatic carbocycles. The lowest BCUT2D eigenvalue weighted by Gasteiger charge is -2.17. The largest absolute Gasteiger partial charge is 0.478 e. The average molecular weight is 348 g/mol. The molecule has 1 aliphatic heterocycles. The van der Waals surface area contributed by atoms with Crippen molar-refractivity contribution in [3.05, 3.63) is 57.8 Å². The summed E-state index contributed by atoms with van der Waals surface area (Å²) in [5.74, 6) is 0.614. The van der Waals surface area contributed by atoms with Crippen molar-refractivity contribution in [2.24, 2.45) is 0 Å². The lowest BCUT2D eigenvalue weighted by atomic mass is 9.94. The van der Waals surface area contributed by atoms with Crippen LogP contribution < -0.4 is 0 Å². The van der Waals surface area contributed by atoms with E-state index in [9.17, 15) is 9.00 Å². The average Bonchev–Trinajstić information content (AvgIpc) is 3.07. The molecule has 2 heterocycles. The minimum absolute atomic E-state index is 0.0357. The van der Waals surface area contributed by atoms with Gasteiger partial charge in [0.25, 0.3) is 0 Å². The van der Waals surface area contributed by atoms with Crippen molar-refractivity contribution in [2.45, 2.75) is 25.2 Å². The van der Waals surface area contributed by atoms with Crippen LogP contribution in [0.2, 0.25) is 0 Å². The Morgan fingerprint density at radius 3 is 2.43 bits per heavy atom. The normalized spacial score (nSPS) is 18.1. The first-order chi connectivity index (χ1) is 10.9. The fraction of sp³-hybridized carbons (Fsp3) is 0.235. The van der Waals surface area contributed by atoms with Gasteiger partial charge in [0.05, 0.1) is 11.3 Å². The fourth-order valence-corrected chi connectivity index (χ4v) is 3.65. The van der Waals surface area contributed by atoms with Crippen LogP contribution in [0.3, 0.4) is 0 Å². The lowest BCUT2D eigenvalue weighted by Crippen LogP contribution is -2.29. The number of benzene rings is 1. The van der Waals surface area contributed by atoms with E-state index < -0.39 is 16.7 Å². The smallest absolute Gasteiger partial charge is 0.210 e. The monoisotopic (exact) mass is 348 g/mol. The molecule has 0 saturated heterocycles. The van der Waals surface area contributed by atoms with Gasteiger partial charge >= 0.3 is 0 Å². The highest BCUT2D eigenvalue weighted by atomic mass is 32.2. The molecule has 0 fully saturated rings. The van der Waals surface area contributed by atoms with E-state index in [0.29, 0.717) is 11.3 Å². The number of Topliss-reactive ketones (excluding diaryl/α,β-unsaturated/α-hetero) is 1. The first-order valence-corrected chi connectivity index (χ1v) is 9.28. The van der Waals surface area contributed by atoms with Gasteiger partial charge in [-0.2, -0.15) is 11.3 Å². The second kappa shape index (κ2) is 6.03. The Balaban J connectivity index is 2.04. The molecule has 120 valence electrons. The van der Waals surface area contributed by atoms with Crippen molar-refractivity contribution in [3.8, 4) is 0 Å². The zero-order valence-electron chi connectivity index (χ0n) is 12.7. The minimum Gasteiger partial charge on any atom is -0.478 e. The number of hydrogen-bond donors (Lipinski definition) is 1. The van der Waals surface area contributed by atoms with Crippen LogP contribution >= 0.6 is 11.3 Å². The summed E-state index contributed by atoms with van der Waals surface area (Å²) in [6.07, 6.45) is 0. The molecule has 6 heteroatoms. The van der Waals surface area contributed by atoms with Crippen molar-refractivity contribution in [3.63, 3.8) is 0 Å². The van der Waals surface area contributed by atoms with Crippen LogP contribution in [-0.2, 0) is 26.4 Å². The molecule has 1 aromatic heterocycles. The van der Waals surface area contributed by atoms with Gasteiger partial charge < -0.3 is 9.29 Å². The molecule has 1 N–H and O–H groups in total. The maximum absolute atomic E-state index is 12.7. The summed E-state index contributed by atoms with van der Waals surface area (Å²) in [7, 11) is 0. The summed E-state index contributed by atoms with van der Waals surface area (Å²) in [6.45, 7) is 3.52. The van der Waals surface area contributed by atoms with Gasteiger partial charge in [-0.15, -0.1) is 0 Å². The number of thiophene rings is 1. The number of rotatable bonds is 4. The van der Waals surface area contributed by atoms with E-state index in [2.05, 4.69) is 0 Å². The van der Waals surface area contributed by atoms with Crippen LogP contribution in [0, 0.1) is 0 Å². The molecule has 0 spiro atoms. The first-order valence-electron chi connectivity index (χ1n) is 7.06. The van der Waals surface area contributed by atoms with Gasteiger partial charge in [0.15, 0.2) is 16.7 Å². The number of ketones is 1. The van der Waals surface area contributed by atoms with Crippen molar-refractivity contribution < 1.29 is 18.3 Å². The van der Waals surface area contributed by atoms with Crippen LogP contribution in [0.5, 0.6) is 0 Å². The summed E-state index contributed by atoms with van der Waals surface area (Å²) in [4.78, 5) is 12.7. The molecular weight excluding hydrogens is 332 g/mol. The molecule has 1 unspecified atom stereocenters. The summed E-state index contributed by atoms with van der Waals surface area (Å²) in [5.41, 5.74) is 2.11. The third-order valence-corrected chi connectivity index (χ3v) is 4.94. The number of ether oxygens (including phenoxy) is 1. The molecule has 2 aromatic rings. The topological polar surface area (TPSA) is 63.6 Å². The summed E-state index contributed by atoms with van der Waals surface area (Å²) in [5, 5.41) is 3.86. The van der Waals surface area contributed by atoms with E-state index >= 15 is 0 Å². The zero-order valence-corrected chi connectivity index (χ0v) is 14.4. The molecule has 1 atom stereocenters. The van der Waals surface area contributed by atoms with E-state index in [1.54, 1.807) is 26.0 Å². The second-order valence-corrected chi connectivity index (χ2v) is 7.53. The van der Waals surface area contributed by atoms with Crippen LogP contribution in [0.25, 0.3) is 11.3 Å². The maximum atomic E-state index is 12.7. The molecule has 0 bridgehead atoms. The quantitative estimate of drug-likeness (QED) is 0.856. The molecule has 0 radical (unpaired) electrons. The van der Waals surface area contributed by atoms with Gasteiger partial charge in [-0.1, -0.05) is 24.3 Å². The Morgan fingerprint density at radius 1 is 1.17 bits per heavy atom. The second-order valence-electron chi connectivity index (χ2n) is 5.82. The predicted molar refractivity (Wildman–Crippen MR) is 92.2 cm³/mol. The number of hydrogen-bond acceptors (Lipinski definition) is 4. The number of carbonyl (C=O) groups excluding carboxylic acids is 1. The van der Waals surface area contributed by atoms with Crippen molar-refractivity contribution in [1.29, 1.82) is 0 Å². The van der Waals surface area contributed by atoms with Crippen molar-refractivity contribution in [1.82, 2.24) is 0 Å². The van der Waals surface area contributed by atoms with E-state index in [0.717, 1.165) is 16.7 Å². The fourth-order valence-electron chi connectivity index (χ4n) is 2.52. The minimum atomic E-state index is -1.87. The summed E-state index contributed by atoms with van der Waals surface area (Å²) < 4.78 is 25.8. The zero-order chi connectivity index (χ0) is 16.6. The molecule has 0 amide bonds. The molecule has 4 nitrogen and oxygen atoms in total. The van der Waals surface area contributed by atoms with Crippen molar-refractivity contribution >= 4 is 39.5 Å². The molecule has 0 aliphatic carbocycles. The Hall–Kier alpha value is -1.76. The lowest BCUT2D eigenvalue weighted by molar-refractivity contribution is -0.125. The maximum Gasteiger partial charge on any atom is 0.210 e. The number of carbonyl (C=O) groups is 1. The highest BCUT2D eigenvalue weighted by molar-refractivity contribution is 7.78. The van der Waals surface area contributed by atoms with Crippen LogP contribution in [0.1, 0.15) is 30.5 Å². The van der Waals surface area contributed by atoms with Gasteiger partial charge in [-0.25, -0.2) is 4.21 Å². The Morgan fingerprint density at radius 2 is 1.87 bits per heavy atom. The van der Waals surface area contributed by atoms with Gasteiger partial charge in [-0.05, 0) is 41.8 Å². The van der Waals surface area contributed by atoms with Gasteiger partial charge in [-0.3, -0.25) is 4.79 Å². The van der Waals surface area contributed by atoms with E-state index in [-0.39, 0.29) is 11.5 Å². The van der Waals surface area contributed by atoms with E-state index in [1.807, 2.05) is 29.0 Å². The van der Waals surface area contributed by atoms with Gasteiger partial charge in [0.1, 0.15) is 5.76 Å². The predicted octanol–water partition coefficient (Wildman–Crippen LogP) is 3.72. The third kappa shape index (κ3) is 3.15. The van der Waals surface area contributed by atoms with Crippen LogP contribution in [0.15, 0.2) is 41.1 Å². The molecule has 23 heavy (non-hydrogen) atoms. The third-order valence-electron chi connectivity index (χ3n) is 3.67. The first kappa shape index (κ1) is 16.1. The van der Waals surface area contributed by atoms with E-state index in [4.69, 9.17) is 9.29 Å². The van der Waals surface area contributed by atoms with E-state index in [1.165, 1.54) is 11.3 Å². The summed E-state index contributed by atoms with van der Waals surface area (Å²) in [6, 6.07) is 9.10. The van der Waals surface area contributed by atoms with Gasteiger partial charge in [0, 0.05) is 5.56 Å². The Labute approximate surface area is 141 Å². The molecular formula is C17H16O4S2. The van der Waals surface area contributed by atoms with Crippen LogP contribution in [0.4, 0.5) is 0 Å². The van der Waals surface area contributed by atoms with Crippen LogP contribution in [-0.4, -0.2) is 20.1 Å². The molecule has 3 rings (SSSR count). The molecule has 0 saturated carbocycles. The molecule has 1 aliphatic rings. The van der Waals surface area contributed by atoms with Gasteiger partial charge in [0.2, 0.25) is 5.78 Å². The highest BCUT2D eigenvalue weighted by Gasteiger charge is 2.42.